The molecule has 1 N–H and O–H groups in total. The quantitative estimate of drug-likeness (QED) is 0.930. The number of aromatic nitrogens is 1. The van der Waals surface area contributed by atoms with Crippen LogP contribution in [0.4, 0.5) is 0 Å². The summed E-state index contributed by atoms with van der Waals surface area (Å²) in [5, 5.41) is 9.87. The second-order valence-electron chi connectivity index (χ2n) is 5.13. The van der Waals surface area contributed by atoms with E-state index in [0.29, 0.717) is 30.8 Å². The van der Waals surface area contributed by atoms with E-state index in [1.54, 1.807) is 11.0 Å². The highest BCUT2D eigenvalue weighted by atomic mass is 35.5. The maximum atomic E-state index is 12.4. The highest BCUT2D eigenvalue weighted by Gasteiger charge is 2.42. The Hall–Kier alpha value is -1.62. The number of pyridine rings is 1. The van der Waals surface area contributed by atoms with E-state index in [2.05, 4.69) is 4.98 Å². The fourth-order valence-corrected chi connectivity index (χ4v) is 2.76. The lowest BCUT2D eigenvalue weighted by Gasteiger charge is -2.39. The summed E-state index contributed by atoms with van der Waals surface area (Å²) < 4.78 is 0. The third-order valence-electron chi connectivity index (χ3n) is 3.94. The molecule has 0 bridgehead atoms. The van der Waals surface area contributed by atoms with Gasteiger partial charge in [-0.3, -0.25) is 14.6 Å². The number of carbonyl (C=O) groups is 2. The molecule has 1 amide bonds. The molecule has 2 rings (SSSR count). The monoisotopic (exact) mass is 296 g/mol. The maximum absolute atomic E-state index is 12.4. The zero-order valence-electron chi connectivity index (χ0n) is 11.3. The van der Waals surface area contributed by atoms with Crippen LogP contribution in [0.25, 0.3) is 0 Å². The normalized spacial score (nSPS) is 22.6. The summed E-state index contributed by atoms with van der Waals surface area (Å²) in [6.07, 6.45) is 3.27. The fourth-order valence-electron chi connectivity index (χ4n) is 2.60. The van der Waals surface area contributed by atoms with Crippen molar-refractivity contribution in [1.29, 1.82) is 0 Å². The SMILES string of the molecule is CCC1(C(=O)O)CCCN(C(=O)c2cc(Cl)ccn2)C1. The van der Waals surface area contributed by atoms with Crippen molar-refractivity contribution in [3.05, 3.63) is 29.0 Å². The Balaban J connectivity index is 2.21. The lowest BCUT2D eigenvalue weighted by Crippen LogP contribution is -2.49. The Kier molecular flexibility index (Phi) is 4.28. The predicted molar refractivity (Wildman–Crippen MR) is 74.7 cm³/mol. The molecule has 1 aromatic heterocycles. The van der Waals surface area contributed by atoms with Crippen LogP contribution in [-0.4, -0.2) is 40.0 Å². The van der Waals surface area contributed by atoms with Crippen LogP contribution in [-0.2, 0) is 4.79 Å². The molecule has 1 atom stereocenters. The zero-order valence-corrected chi connectivity index (χ0v) is 12.1. The van der Waals surface area contributed by atoms with Gasteiger partial charge >= 0.3 is 5.97 Å². The topological polar surface area (TPSA) is 70.5 Å². The summed E-state index contributed by atoms with van der Waals surface area (Å²) in [6.45, 7) is 2.63. The molecule has 6 heteroatoms. The molecule has 108 valence electrons. The van der Waals surface area contributed by atoms with E-state index in [4.69, 9.17) is 11.6 Å². The first-order valence-electron chi connectivity index (χ1n) is 6.63. The van der Waals surface area contributed by atoms with Crippen molar-refractivity contribution < 1.29 is 14.7 Å². The third-order valence-corrected chi connectivity index (χ3v) is 4.17. The molecule has 1 aliphatic heterocycles. The third kappa shape index (κ3) is 2.77. The van der Waals surface area contributed by atoms with E-state index in [-0.39, 0.29) is 18.1 Å². The van der Waals surface area contributed by atoms with Gasteiger partial charge in [0.15, 0.2) is 0 Å². The smallest absolute Gasteiger partial charge is 0.311 e. The molecular weight excluding hydrogens is 280 g/mol. The van der Waals surface area contributed by atoms with Gasteiger partial charge in [0.05, 0.1) is 5.41 Å². The van der Waals surface area contributed by atoms with Crippen LogP contribution in [0.3, 0.4) is 0 Å². The Labute approximate surface area is 122 Å². The number of hydrogen-bond donors (Lipinski definition) is 1. The van der Waals surface area contributed by atoms with Gasteiger partial charge in [0.2, 0.25) is 0 Å². The Morgan fingerprint density at radius 3 is 2.90 bits per heavy atom. The minimum atomic E-state index is -0.841. The van der Waals surface area contributed by atoms with Gasteiger partial charge in [-0.25, -0.2) is 0 Å². The van der Waals surface area contributed by atoms with E-state index in [0.717, 1.165) is 0 Å². The van der Waals surface area contributed by atoms with Crippen molar-refractivity contribution in [2.75, 3.05) is 13.1 Å². The summed E-state index contributed by atoms with van der Waals surface area (Å²) in [5.41, 5.74) is -0.582. The standard InChI is InChI=1S/C14H17ClN2O3/c1-2-14(13(19)20)5-3-7-17(9-14)12(18)11-8-10(15)4-6-16-11/h4,6,8H,2-3,5,7,9H2,1H3,(H,19,20). The van der Waals surface area contributed by atoms with Crippen LogP contribution >= 0.6 is 11.6 Å². The molecule has 2 heterocycles. The number of carbonyl (C=O) groups excluding carboxylic acids is 1. The number of likely N-dealkylation sites (tertiary alicyclic amines) is 1. The molecule has 1 aliphatic rings. The van der Waals surface area contributed by atoms with E-state index in [1.165, 1.54) is 12.3 Å². The van der Waals surface area contributed by atoms with E-state index < -0.39 is 11.4 Å². The molecule has 0 aromatic carbocycles. The van der Waals surface area contributed by atoms with Crippen molar-refractivity contribution in [2.45, 2.75) is 26.2 Å². The van der Waals surface area contributed by atoms with Gasteiger partial charge in [0.25, 0.3) is 5.91 Å². The van der Waals surface area contributed by atoms with Gasteiger partial charge < -0.3 is 10.0 Å². The molecule has 0 spiro atoms. The van der Waals surface area contributed by atoms with Crippen molar-refractivity contribution in [3.8, 4) is 0 Å². The number of nitrogens with zero attached hydrogens (tertiary/aromatic N) is 2. The van der Waals surface area contributed by atoms with E-state index in [1.807, 2.05) is 6.92 Å². The van der Waals surface area contributed by atoms with Gasteiger partial charge in [0.1, 0.15) is 5.69 Å². The van der Waals surface area contributed by atoms with E-state index in [9.17, 15) is 14.7 Å². The van der Waals surface area contributed by atoms with Crippen molar-refractivity contribution >= 4 is 23.5 Å². The van der Waals surface area contributed by atoms with Crippen LogP contribution < -0.4 is 0 Å². The van der Waals surface area contributed by atoms with Crippen LogP contribution in [0.15, 0.2) is 18.3 Å². The van der Waals surface area contributed by atoms with E-state index >= 15 is 0 Å². The summed E-state index contributed by atoms with van der Waals surface area (Å²) >= 11 is 5.86. The highest BCUT2D eigenvalue weighted by Crippen LogP contribution is 2.34. The first kappa shape index (κ1) is 14.8. The van der Waals surface area contributed by atoms with Crippen LogP contribution in [0, 0.1) is 5.41 Å². The van der Waals surface area contributed by atoms with Crippen molar-refractivity contribution in [1.82, 2.24) is 9.88 Å². The molecule has 1 unspecified atom stereocenters. The Bertz CT molecular complexity index is 535. The van der Waals surface area contributed by atoms with Gasteiger partial charge in [0, 0.05) is 24.3 Å². The van der Waals surface area contributed by atoms with Gasteiger partial charge in [-0.15, -0.1) is 0 Å². The molecule has 0 saturated carbocycles. The van der Waals surface area contributed by atoms with Crippen molar-refractivity contribution in [3.63, 3.8) is 0 Å². The number of piperidine rings is 1. The summed E-state index contributed by atoms with van der Waals surface area (Å²) in [5.74, 6) is -1.09. The highest BCUT2D eigenvalue weighted by molar-refractivity contribution is 6.30. The molecule has 0 aliphatic carbocycles. The predicted octanol–water partition coefficient (Wildman–Crippen LogP) is 2.45. The Morgan fingerprint density at radius 2 is 2.30 bits per heavy atom. The largest absolute Gasteiger partial charge is 0.481 e. The van der Waals surface area contributed by atoms with Crippen molar-refractivity contribution in [2.24, 2.45) is 5.41 Å². The second kappa shape index (κ2) is 5.79. The Morgan fingerprint density at radius 1 is 1.55 bits per heavy atom. The molecular formula is C14H17ClN2O3. The summed E-state index contributed by atoms with van der Waals surface area (Å²) in [4.78, 5) is 29.5. The number of halogens is 1. The molecule has 5 nitrogen and oxygen atoms in total. The summed E-state index contributed by atoms with van der Waals surface area (Å²) in [6, 6.07) is 3.11. The minimum absolute atomic E-state index is 0.228. The van der Waals surface area contributed by atoms with Gasteiger partial charge in [-0.1, -0.05) is 18.5 Å². The first-order chi connectivity index (χ1) is 9.48. The number of carboxylic acid groups (broad SMARTS) is 1. The molecule has 20 heavy (non-hydrogen) atoms. The number of rotatable bonds is 3. The summed E-state index contributed by atoms with van der Waals surface area (Å²) in [7, 11) is 0. The maximum Gasteiger partial charge on any atom is 0.311 e. The molecule has 0 radical (unpaired) electrons. The number of carboxylic acids is 1. The number of hydrogen-bond acceptors (Lipinski definition) is 3. The average molecular weight is 297 g/mol. The first-order valence-corrected chi connectivity index (χ1v) is 7.00. The fraction of sp³-hybridized carbons (Fsp3) is 0.500. The van der Waals surface area contributed by atoms with Crippen LogP contribution in [0.5, 0.6) is 0 Å². The molecule has 1 saturated heterocycles. The average Bonchev–Trinajstić information content (AvgIpc) is 2.46. The van der Waals surface area contributed by atoms with Crippen LogP contribution in [0.2, 0.25) is 5.02 Å². The molecule has 1 fully saturated rings. The van der Waals surface area contributed by atoms with Crippen LogP contribution in [0.1, 0.15) is 36.7 Å². The number of aliphatic carboxylic acids is 1. The number of amides is 1. The lowest BCUT2D eigenvalue weighted by molar-refractivity contribution is -0.152. The molecule has 1 aromatic rings. The van der Waals surface area contributed by atoms with Gasteiger partial charge in [-0.2, -0.15) is 0 Å². The zero-order chi connectivity index (χ0) is 14.8. The minimum Gasteiger partial charge on any atom is -0.481 e. The van der Waals surface area contributed by atoms with Gasteiger partial charge in [-0.05, 0) is 31.4 Å². The second-order valence-corrected chi connectivity index (χ2v) is 5.57. The lowest BCUT2D eigenvalue weighted by atomic mass is 9.77.